The maximum Gasteiger partial charge on any atom is 0.186 e. The van der Waals surface area contributed by atoms with Gasteiger partial charge in [0.2, 0.25) is 0 Å². The van der Waals surface area contributed by atoms with E-state index in [9.17, 15) is 10.4 Å². The lowest BCUT2D eigenvalue weighted by Gasteiger charge is -2.39. The van der Waals surface area contributed by atoms with Crippen LogP contribution in [0.15, 0.2) is 4.52 Å². The van der Waals surface area contributed by atoms with Crippen LogP contribution in [0.1, 0.15) is 98.6 Å². The van der Waals surface area contributed by atoms with E-state index >= 15 is 0 Å². The van der Waals surface area contributed by atoms with Gasteiger partial charge in [-0.15, -0.1) is 16.4 Å². The van der Waals surface area contributed by atoms with E-state index in [2.05, 4.69) is 45.3 Å². The SMILES string of the molecule is C[C@@H]([C@@H]1CCCN1C)n1nnc2c(N3CCC[C@@](C)(O)C3)nc(-c3noc4c3CCC[C@@]43CCCc4sc(N)c(C#N)c43)nc21. The van der Waals surface area contributed by atoms with Gasteiger partial charge in [-0.3, -0.25) is 0 Å². The van der Waals surface area contributed by atoms with E-state index in [1.165, 1.54) is 4.88 Å². The van der Waals surface area contributed by atoms with Crippen LogP contribution in [0.5, 0.6) is 0 Å². The fraction of sp³-hybridized carbons (Fsp3) is 0.625. The Labute approximate surface area is 266 Å². The first-order valence-corrected chi connectivity index (χ1v) is 17.1. The molecule has 0 saturated carbocycles. The second-order valence-electron chi connectivity index (χ2n) is 13.9. The van der Waals surface area contributed by atoms with Crippen molar-refractivity contribution < 1.29 is 9.63 Å². The molecule has 0 bridgehead atoms. The van der Waals surface area contributed by atoms with Crippen LogP contribution in [-0.2, 0) is 18.3 Å². The molecule has 2 saturated heterocycles. The number of likely N-dealkylation sites (tertiary alicyclic amines) is 1. The van der Waals surface area contributed by atoms with Crippen molar-refractivity contribution >= 4 is 33.3 Å². The zero-order valence-corrected chi connectivity index (χ0v) is 27.0. The minimum atomic E-state index is -0.829. The highest BCUT2D eigenvalue weighted by atomic mass is 32.1. The van der Waals surface area contributed by atoms with E-state index < -0.39 is 11.0 Å². The van der Waals surface area contributed by atoms with Gasteiger partial charge in [0.05, 0.1) is 22.6 Å². The number of thiophene rings is 1. The van der Waals surface area contributed by atoms with Crippen LogP contribution in [0.25, 0.3) is 22.7 Å². The van der Waals surface area contributed by atoms with Crippen LogP contribution in [-0.4, -0.2) is 78.4 Å². The summed E-state index contributed by atoms with van der Waals surface area (Å²) in [5.74, 6) is 1.99. The number of piperidine rings is 1. The highest BCUT2D eigenvalue weighted by Gasteiger charge is 2.49. The second-order valence-corrected chi connectivity index (χ2v) is 15.0. The van der Waals surface area contributed by atoms with Crippen molar-refractivity contribution in [3.05, 3.63) is 27.3 Å². The number of nitriles is 1. The third kappa shape index (κ3) is 4.40. The molecule has 0 unspecified atom stereocenters. The van der Waals surface area contributed by atoms with Crippen molar-refractivity contribution in [2.45, 2.75) is 101 Å². The Hall–Kier alpha value is -3.60. The summed E-state index contributed by atoms with van der Waals surface area (Å²) < 4.78 is 8.26. The van der Waals surface area contributed by atoms with Gasteiger partial charge >= 0.3 is 0 Å². The molecular weight excluding hydrogens is 588 g/mol. The Bertz CT molecular complexity index is 1830. The normalized spacial score (nSPS) is 27.5. The molecule has 3 N–H and O–H groups in total. The fourth-order valence-electron chi connectivity index (χ4n) is 8.74. The third-order valence-corrected chi connectivity index (χ3v) is 11.9. The van der Waals surface area contributed by atoms with Crippen molar-refractivity contribution in [1.29, 1.82) is 5.26 Å². The molecule has 0 amide bonds. The molecule has 8 rings (SSSR count). The average Bonchev–Trinajstić information content (AvgIpc) is 3.81. The van der Waals surface area contributed by atoms with E-state index in [0.717, 1.165) is 94.2 Å². The van der Waals surface area contributed by atoms with Gasteiger partial charge in [-0.2, -0.15) is 5.26 Å². The van der Waals surface area contributed by atoms with Crippen LogP contribution in [0.3, 0.4) is 0 Å². The zero-order chi connectivity index (χ0) is 31.1. The highest BCUT2D eigenvalue weighted by molar-refractivity contribution is 7.16. The van der Waals surface area contributed by atoms with E-state index in [1.54, 1.807) is 11.3 Å². The molecular formula is C32H40N10O2S. The fourth-order valence-corrected chi connectivity index (χ4v) is 9.90. The smallest absolute Gasteiger partial charge is 0.186 e. The molecule has 2 aliphatic heterocycles. The maximum absolute atomic E-state index is 11.0. The summed E-state index contributed by atoms with van der Waals surface area (Å²) in [5.41, 5.74) is 9.73. The molecule has 2 aliphatic carbocycles. The van der Waals surface area contributed by atoms with Gasteiger partial charge in [-0.1, -0.05) is 10.4 Å². The number of hydrogen-bond acceptors (Lipinski definition) is 12. The number of hydrogen-bond donors (Lipinski definition) is 2. The number of aliphatic hydroxyl groups is 1. The minimum absolute atomic E-state index is 0.0613. The van der Waals surface area contributed by atoms with Crippen molar-refractivity contribution in [3.8, 4) is 17.6 Å². The molecule has 0 aromatic carbocycles. The first-order valence-electron chi connectivity index (χ1n) is 16.3. The Balaban J connectivity index is 1.30. The average molecular weight is 629 g/mol. The molecule has 6 heterocycles. The summed E-state index contributed by atoms with van der Waals surface area (Å²) in [4.78, 5) is 16.0. The molecule has 4 aromatic heterocycles. The van der Waals surface area contributed by atoms with E-state index in [4.69, 9.17) is 20.2 Å². The van der Waals surface area contributed by atoms with Crippen LogP contribution < -0.4 is 10.6 Å². The Morgan fingerprint density at radius 3 is 2.71 bits per heavy atom. The lowest BCUT2D eigenvalue weighted by molar-refractivity contribution is 0.0448. The van der Waals surface area contributed by atoms with Crippen LogP contribution in [0.4, 0.5) is 10.8 Å². The van der Waals surface area contributed by atoms with Gasteiger partial charge < -0.3 is 25.2 Å². The predicted molar refractivity (Wildman–Crippen MR) is 171 cm³/mol. The Kier molecular flexibility index (Phi) is 6.71. The lowest BCUT2D eigenvalue weighted by Crippen LogP contribution is -2.46. The predicted octanol–water partition coefficient (Wildman–Crippen LogP) is 4.36. The van der Waals surface area contributed by atoms with Gasteiger partial charge in [0.25, 0.3) is 0 Å². The minimum Gasteiger partial charge on any atom is -0.389 e. The van der Waals surface area contributed by atoms with Crippen molar-refractivity contribution in [2.75, 3.05) is 37.3 Å². The number of nitrogens with zero attached hydrogens (tertiary/aromatic N) is 9. The van der Waals surface area contributed by atoms with Gasteiger partial charge in [0.15, 0.2) is 34.3 Å². The monoisotopic (exact) mass is 628 g/mol. The summed E-state index contributed by atoms with van der Waals surface area (Å²) in [6.45, 7) is 6.34. The summed E-state index contributed by atoms with van der Waals surface area (Å²) >= 11 is 1.54. The largest absolute Gasteiger partial charge is 0.389 e. The number of nitrogen functional groups attached to an aromatic ring is 1. The quantitative estimate of drug-likeness (QED) is 0.331. The summed E-state index contributed by atoms with van der Waals surface area (Å²) in [5, 5.41) is 35.7. The number of aromatic nitrogens is 6. The maximum atomic E-state index is 11.0. The molecule has 4 atom stereocenters. The molecule has 1 spiro atoms. The summed E-state index contributed by atoms with van der Waals surface area (Å²) in [7, 11) is 2.17. The van der Waals surface area contributed by atoms with Crippen molar-refractivity contribution in [2.24, 2.45) is 0 Å². The van der Waals surface area contributed by atoms with Crippen molar-refractivity contribution in [1.82, 2.24) is 35.0 Å². The number of β-amino-alcohol motifs (C(OH)–C–C–N with tert-alkyl or cyclic N) is 1. The number of nitrogens with two attached hydrogens (primary N) is 1. The topological polar surface area (TPSA) is 159 Å². The number of aryl methyl sites for hydroxylation is 1. The van der Waals surface area contributed by atoms with E-state index in [1.807, 2.05) is 11.6 Å². The van der Waals surface area contributed by atoms with Gasteiger partial charge in [0, 0.05) is 29.6 Å². The van der Waals surface area contributed by atoms with E-state index in [0.29, 0.717) is 51.7 Å². The van der Waals surface area contributed by atoms with Gasteiger partial charge in [-0.05, 0) is 97.2 Å². The van der Waals surface area contributed by atoms with Crippen molar-refractivity contribution in [3.63, 3.8) is 0 Å². The molecule has 13 heteroatoms. The first-order chi connectivity index (χ1) is 21.7. The number of fused-ring (bicyclic) bond motifs is 5. The van der Waals surface area contributed by atoms with Gasteiger partial charge in [-0.25, -0.2) is 14.6 Å². The highest BCUT2D eigenvalue weighted by Crippen LogP contribution is 2.55. The molecule has 0 radical (unpaired) electrons. The van der Waals surface area contributed by atoms with Crippen LogP contribution >= 0.6 is 11.3 Å². The Morgan fingerprint density at radius 1 is 1.13 bits per heavy atom. The first kappa shape index (κ1) is 28.8. The standard InChI is InChI=1S/C32H40N10O2S/c1-18(21-9-6-14-40(21)3)42-30-25(37-39-42)29(41-15-7-11-31(2,43)17-41)35-28(36-30)24-19-8-4-12-32(26(19)44-38-24)13-5-10-22-23(32)20(16-33)27(34)45-22/h18,21,43H,4-15,17,34H2,1-3H3/t18-,21-,31+,32-/m0/s1. The van der Waals surface area contributed by atoms with E-state index in [-0.39, 0.29) is 6.04 Å². The third-order valence-electron chi connectivity index (χ3n) is 10.9. The lowest BCUT2D eigenvalue weighted by atomic mass is 9.63. The molecule has 45 heavy (non-hydrogen) atoms. The number of likely N-dealkylation sites (N-methyl/N-ethyl adjacent to an activating group) is 1. The summed E-state index contributed by atoms with van der Waals surface area (Å²) in [6.07, 6.45) is 9.29. The second kappa shape index (κ2) is 10.5. The van der Waals surface area contributed by atoms with Crippen LogP contribution in [0, 0.1) is 11.3 Å². The molecule has 4 aromatic rings. The van der Waals surface area contributed by atoms with Crippen LogP contribution in [0.2, 0.25) is 0 Å². The number of anilines is 2. The molecule has 4 aliphatic rings. The molecule has 236 valence electrons. The molecule has 12 nitrogen and oxygen atoms in total. The van der Waals surface area contributed by atoms with Gasteiger partial charge in [0.1, 0.15) is 11.1 Å². The summed E-state index contributed by atoms with van der Waals surface area (Å²) in [6, 6.07) is 2.80. The number of rotatable bonds is 4. The Morgan fingerprint density at radius 2 is 1.96 bits per heavy atom. The zero-order valence-electron chi connectivity index (χ0n) is 26.2. The molecule has 2 fully saturated rings.